The quantitative estimate of drug-likeness (QED) is 0.947. The molecule has 0 saturated carbocycles. The maximum absolute atomic E-state index is 12.2. The summed E-state index contributed by atoms with van der Waals surface area (Å²) >= 11 is 0. The highest BCUT2D eigenvalue weighted by Gasteiger charge is 2.13. The molecule has 1 aliphatic carbocycles. The van der Waals surface area contributed by atoms with Crippen molar-refractivity contribution in [2.45, 2.75) is 24.2 Å². The number of aryl methyl sites for hydroxylation is 2. The second kappa shape index (κ2) is 5.57. The zero-order valence-corrected chi connectivity index (χ0v) is 13.1. The summed E-state index contributed by atoms with van der Waals surface area (Å²) < 4.78 is 22.8. The third kappa shape index (κ3) is 3.04. The number of carbonyl (C=O) groups is 1. The minimum absolute atomic E-state index is 0.210. The van der Waals surface area contributed by atoms with Gasteiger partial charge in [0.15, 0.2) is 9.84 Å². The minimum Gasteiger partial charge on any atom is -0.322 e. The van der Waals surface area contributed by atoms with Crippen molar-refractivity contribution in [1.29, 1.82) is 0 Å². The van der Waals surface area contributed by atoms with E-state index in [9.17, 15) is 13.2 Å². The fourth-order valence-electron chi connectivity index (χ4n) is 2.71. The highest BCUT2D eigenvalue weighted by Crippen LogP contribution is 2.25. The Hall–Kier alpha value is -2.14. The van der Waals surface area contributed by atoms with Crippen molar-refractivity contribution in [3.63, 3.8) is 0 Å². The van der Waals surface area contributed by atoms with Gasteiger partial charge in [-0.1, -0.05) is 6.07 Å². The second-order valence-electron chi connectivity index (χ2n) is 5.59. The van der Waals surface area contributed by atoms with Crippen LogP contribution in [0.1, 0.15) is 27.9 Å². The molecular weight excluding hydrogens is 298 g/mol. The summed E-state index contributed by atoms with van der Waals surface area (Å²) in [7, 11) is -3.24. The molecule has 0 saturated heterocycles. The lowest BCUT2D eigenvalue weighted by Gasteiger charge is -2.08. The molecule has 1 N–H and O–H groups in total. The van der Waals surface area contributed by atoms with Gasteiger partial charge in [0.2, 0.25) is 0 Å². The van der Waals surface area contributed by atoms with Crippen LogP contribution in [0.25, 0.3) is 0 Å². The van der Waals surface area contributed by atoms with Crippen LogP contribution in [-0.4, -0.2) is 20.6 Å². The van der Waals surface area contributed by atoms with Crippen LogP contribution in [0.2, 0.25) is 0 Å². The lowest BCUT2D eigenvalue weighted by molar-refractivity contribution is 0.102. The number of fused-ring (bicyclic) bond motifs is 1. The molecule has 4 nitrogen and oxygen atoms in total. The number of benzene rings is 2. The van der Waals surface area contributed by atoms with Crippen LogP contribution in [0, 0.1) is 0 Å². The summed E-state index contributed by atoms with van der Waals surface area (Å²) in [6, 6.07) is 11.9. The van der Waals surface area contributed by atoms with Gasteiger partial charge in [0.25, 0.3) is 5.91 Å². The van der Waals surface area contributed by atoms with Gasteiger partial charge in [-0.25, -0.2) is 8.42 Å². The Morgan fingerprint density at radius 1 is 1.00 bits per heavy atom. The lowest BCUT2D eigenvalue weighted by atomic mass is 10.1. The third-order valence-electron chi connectivity index (χ3n) is 3.90. The van der Waals surface area contributed by atoms with Gasteiger partial charge in [0.1, 0.15) is 0 Å². The Bertz CT molecular complexity index is 823. The first-order valence-corrected chi connectivity index (χ1v) is 9.06. The molecule has 0 fully saturated rings. The number of hydrogen-bond acceptors (Lipinski definition) is 3. The first-order chi connectivity index (χ1) is 10.4. The standard InChI is InChI=1S/C17H17NO3S/c1-22(20,21)16-9-6-13(7-10-16)17(19)18-15-8-5-12-3-2-4-14(12)11-15/h5-11H,2-4H2,1H3,(H,18,19). The number of hydrogen-bond donors (Lipinski definition) is 1. The molecule has 0 atom stereocenters. The molecule has 2 aromatic rings. The van der Waals surface area contributed by atoms with E-state index < -0.39 is 9.84 Å². The van der Waals surface area contributed by atoms with Gasteiger partial charge < -0.3 is 5.32 Å². The summed E-state index contributed by atoms with van der Waals surface area (Å²) in [5.41, 5.74) is 3.87. The third-order valence-corrected chi connectivity index (χ3v) is 5.03. The molecule has 1 amide bonds. The summed E-state index contributed by atoms with van der Waals surface area (Å²) in [6.45, 7) is 0. The number of nitrogens with one attached hydrogen (secondary N) is 1. The Morgan fingerprint density at radius 2 is 1.68 bits per heavy atom. The fourth-order valence-corrected chi connectivity index (χ4v) is 3.34. The first-order valence-electron chi connectivity index (χ1n) is 7.17. The molecule has 22 heavy (non-hydrogen) atoms. The molecule has 0 aliphatic heterocycles. The van der Waals surface area contributed by atoms with Crippen molar-refractivity contribution >= 4 is 21.4 Å². The molecule has 114 valence electrons. The molecule has 0 heterocycles. The summed E-state index contributed by atoms with van der Waals surface area (Å²) in [6.07, 6.45) is 4.48. The monoisotopic (exact) mass is 315 g/mol. The summed E-state index contributed by atoms with van der Waals surface area (Å²) in [4.78, 5) is 12.4. The maximum atomic E-state index is 12.2. The Kier molecular flexibility index (Phi) is 3.74. The van der Waals surface area contributed by atoms with Crippen molar-refractivity contribution in [2.75, 3.05) is 11.6 Å². The van der Waals surface area contributed by atoms with E-state index in [1.54, 1.807) is 0 Å². The van der Waals surface area contributed by atoms with Gasteiger partial charge in [0.05, 0.1) is 4.90 Å². The minimum atomic E-state index is -3.24. The Balaban J connectivity index is 1.77. The number of rotatable bonds is 3. The van der Waals surface area contributed by atoms with Crippen molar-refractivity contribution in [2.24, 2.45) is 0 Å². The average molecular weight is 315 g/mol. The highest BCUT2D eigenvalue weighted by molar-refractivity contribution is 7.90. The fraction of sp³-hybridized carbons (Fsp3) is 0.235. The van der Waals surface area contributed by atoms with Crippen molar-refractivity contribution < 1.29 is 13.2 Å². The normalized spacial score (nSPS) is 13.7. The number of sulfone groups is 1. The van der Waals surface area contributed by atoms with Crippen LogP contribution in [0.4, 0.5) is 5.69 Å². The van der Waals surface area contributed by atoms with Crippen LogP contribution >= 0.6 is 0 Å². The van der Waals surface area contributed by atoms with E-state index in [2.05, 4.69) is 11.4 Å². The zero-order chi connectivity index (χ0) is 15.7. The molecule has 2 aromatic carbocycles. The van der Waals surface area contributed by atoms with E-state index in [1.807, 2.05) is 12.1 Å². The number of amides is 1. The number of anilines is 1. The van der Waals surface area contributed by atoms with Gasteiger partial charge in [-0.05, 0) is 66.8 Å². The van der Waals surface area contributed by atoms with E-state index in [4.69, 9.17) is 0 Å². The van der Waals surface area contributed by atoms with Gasteiger partial charge >= 0.3 is 0 Å². The molecule has 0 unspecified atom stereocenters. The van der Waals surface area contributed by atoms with Crippen LogP contribution in [0.3, 0.4) is 0 Å². The van der Waals surface area contributed by atoms with Crippen molar-refractivity contribution in [3.05, 3.63) is 59.2 Å². The second-order valence-corrected chi connectivity index (χ2v) is 7.60. The molecular formula is C17H17NO3S. The molecule has 5 heteroatoms. The van der Waals surface area contributed by atoms with Gasteiger partial charge in [-0.3, -0.25) is 4.79 Å². The topological polar surface area (TPSA) is 63.2 Å². The summed E-state index contributed by atoms with van der Waals surface area (Å²) in [5, 5.41) is 2.86. The maximum Gasteiger partial charge on any atom is 0.255 e. The lowest BCUT2D eigenvalue weighted by Crippen LogP contribution is -2.12. The van der Waals surface area contributed by atoms with E-state index in [-0.39, 0.29) is 10.8 Å². The molecule has 0 radical (unpaired) electrons. The Morgan fingerprint density at radius 3 is 2.36 bits per heavy atom. The number of carbonyl (C=O) groups excluding carboxylic acids is 1. The zero-order valence-electron chi connectivity index (χ0n) is 12.3. The average Bonchev–Trinajstić information content (AvgIpc) is 2.94. The molecule has 1 aliphatic rings. The smallest absolute Gasteiger partial charge is 0.255 e. The SMILES string of the molecule is CS(=O)(=O)c1ccc(C(=O)Nc2ccc3c(c2)CCC3)cc1. The van der Waals surface area contributed by atoms with Gasteiger partial charge in [0, 0.05) is 17.5 Å². The van der Waals surface area contributed by atoms with Crippen LogP contribution in [-0.2, 0) is 22.7 Å². The van der Waals surface area contributed by atoms with E-state index in [1.165, 1.54) is 41.8 Å². The molecule has 0 bridgehead atoms. The first kappa shape index (κ1) is 14.8. The Labute approximate surface area is 130 Å². The van der Waals surface area contributed by atoms with Gasteiger partial charge in [-0.2, -0.15) is 0 Å². The largest absolute Gasteiger partial charge is 0.322 e. The molecule has 0 aromatic heterocycles. The van der Waals surface area contributed by atoms with Crippen LogP contribution < -0.4 is 5.32 Å². The van der Waals surface area contributed by atoms with Crippen LogP contribution in [0.5, 0.6) is 0 Å². The predicted molar refractivity (Wildman–Crippen MR) is 86.0 cm³/mol. The van der Waals surface area contributed by atoms with Gasteiger partial charge in [-0.15, -0.1) is 0 Å². The predicted octanol–water partition coefficient (Wildman–Crippen LogP) is 2.83. The van der Waals surface area contributed by atoms with Crippen molar-refractivity contribution in [1.82, 2.24) is 0 Å². The highest BCUT2D eigenvalue weighted by atomic mass is 32.2. The molecule has 0 spiro atoms. The van der Waals surface area contributed by atoms with Crippen LogP contribution in [0.15, 0.2) is 47.4 Å². The van der Waals surface area contributed by atoms with E-state index >= 15 is 0 Å². The summed E-state index contributed by atoms with van der Waals surface area (Å²) in [5.74, 6) is -0.238. The van der Waals surface area contributed by atoms with E-state index in [0.717, 1.165) is 24.8 Å². The molecule has 3 rings (SSSR count). The van der Waals surface area contributed by atoms with E-state index in [0.29, 0.717) is 5.56 Å². The van der Waals surface area contributed by atoms with Crippen molar-refractivity contribution in [3.8, 4) is 0 Å².